The number of hydrogen-bond donors (Lipinski definition) is 0. The Morgan fingerprint density at radius 1 is 0.431 bits per heavy atom. The standard InChI is InChI=1S/C45H32B2N2O2/c1-27-22-34-32-18-10-12-20-40(32)50-46-36-26-37-45(29(3)44(36)48(38(24-27)42(34)46)30-14-6-4-7-15-30)49(31-16-8-5-9-17-31)39-25-28(2)23-35-33-19-11-13-21-41(33)51-47(37)43(35)39/h4-26H,1-3H3. The average molecular weight is 654 g/mol. The van der Waals surface area contributed by atoms with E-state index in [0.717, 1.165) is 67.7 Å². The lowest BCUT2D eigenvalue weighted by atomic mass is 9.45. The Balaban J connectivity index is 1.27. The van der Waals surface area contributed by atoms with Gasteiger partial charge in [-0.15, -0.1) is 0 Å². The molecule has 0 amide bonds. The van der Waals surface area contributed by atoms with Crippen molar-refractivity contribution >= 4 is 69.8 Å². The quantitative estimate of drug-likeness (QED) is 0.175. The van der Waals surface area contributed by atoms with Crippen LogP contribution in [0.4, 0.5) is 34.1 Å². The molecule has 4 heterocycles. The Hall–Kier alpha value is -6.13. The molecule has 0 aromatic heterocycles. The predicted octanol–water partition coefficient (Wildman–Crippen LogP) is 8.51. The van der Waals surface area contributed by atoms with Gasteiger partial charge in [0.15, 0.2) is 0 Å². The molecule has 51 heavy (non-hydrogen) atoms. The summed E-state index contributed by atoms with van der Waals surface area (Å²) < 4.78 is 14.2. The van der Waals surface area contributed by atoms with Gasteiger partial charge in [-0.1, -0.05) is 91.0 Å². The van der Waals surface area contributed by atoms with Crippen molar-refractivity contribution in [3.05, 3.63) is 156 Å². The zero-order chi connectivity index (χ0) is 34.0. The van der Waals surface area contributed by atoms with Gasteiger partial charge in [0.1, 0.15) is 11.5 Å². The second-order valence-corrected chi connectivity index (χ2v) is 14.2. The van der Waals surface area contributed by atoms with Crippen LogP contribution >= 0.6 is 0 Å². The van der Waals surface area contributed by atoms with Crippen LogP contribution in [0.2, 0.25) is 0 Å². The maximum Gasteiger partial charge on any atom is 0.431 e. The monoisotopic (exact) mass is 654 g/mol. The van der Waals surface area contributed by atoms with E-state index in [-0.39, 0.29) is 13.8 Å². The van der Waals surface area contributed by atoms with E-state index in [1.165, 1.54) is 38.7 Å². The SMILES string of the molecule is Cc1cc2c3c(c1)N(c1ccccc1)c1c(cc4c(c1C)N(c1ccccc1)c1cc(C)cc5c1B4Oc1ccccc1-5)B3Oc1ccccc1-2. The third-order valence-electron chi connectivity index (χ3n) is 11.1. The van der Waals surface area contributed by atoms with Crippen LogP contribution in [0.1, 0.15) is 16.7 Å². The molecule has 4 aliphatic rings. The highest BCUT2D eigenvalue weighted by Crippen LogP contribution is 2.49. The van der Waals surface area contributed by atoms with Crippen molar-refractivity contribution in [3.63, 3.8) is 0 Å². The number of para-hydroxylation sites is 4. The molecule has 0 fully saturated rings. The molecule has 4 nitrogen and oxygen atoms in total. The summed E-state index contributed by atoms with van der Waals surface area (Å²) in [6.07, 6.45) is 0. The van der Waals surface area contributed by atoms with Gasteiger partial charge in [0.25, 0.3) is 0 Å². The maximum absolute atomic E-state index is 7.11. The van der Waals surface area contributed by atoms with Crippen molar-refractivity contribution in [2.45, 2.75) is 20.8 Å². The van der Waals surface area contributed by atoms with E-state index in [0.29, 0.717) is 0 Å². The van der Waals surface area contributed by atoms with Gasteiger partial charge in [0, 0.05) is 56.2 Å². The summed E-state index contributed by atoms with van der Waals surface area (Å²) in [5.41, 5.74) is 19.9. The molecule has 0 saturated heterocycles. The minimum absolute atomic E-state index is 0.288. The lowest BCUT2D eigenvalue weighted by molar-refractivity contribution is 0.589. The van der Waals surface area contributed by atoms with Crippen LogP contribution in [0, 0.1) is 20.8 Å². The van der Waals surface area contributed by atoms with E-state index in [4.69, 9.17) is 9.31 Å². The van der Waals surface area contributed by atoms with Gasteiger partial charge in [0.2, 0.25) is 0 Å². The number of rotatable bonds is 2. The first-order chi connectivity index (χ1) is 25.0. The predicted molar refractivity (Wildman–Crippen MR) is 212 cm³/mol. The maximum atomic E-state index is 7.11. The molecular formula is C45H32B2N2O2. The van der Waals surface area contributed by atoms with Gasteiger partial charge >= 0.3 is 13.8 Å². The largest absolute Gasteiger partial charge is 0.551 e. The van der Waals surface area contributed by atoms with Crippen molar-refractivity contribution in [1.29, 1.82) is 0 Å². The Labute approximate surface area is 298 Å². The molecule has 6 heteroatoms. The molecule has 0 bridgehead atoms. The third-order valence-corrected chi connectivity index (χ3v) is 11.1. The van der Waals surface area contributed by atoms with Crippen molar-refractivity contribution in [3.8, 4) is 33.8 Å². The molecule has 0 saturated carbocycles. The Bertz CT molecular complexity index is 2430. The molecule has 7 aromatic carbocycles. The average Bonchev–Trinajstić information content (AvgIpc) is 3.16. The smallest absolute Gasteiger partial charge is 0.431 e. The Morgan fingerprint density at radius 2 is 0.843 bits per heavy atom. The zero-order valence-electron chi connectivity index (χ0n) is 28.6. The minimum Gasteiger partial charge on any atom is -0.551 e. The van der Waals surface area contributed by atoms with Crippen LogP contribution in [-0.4, -0.2) is 13.8 Å². The molecule has 7 aromatic rings. The number of benzene rings is 7. The van der Waals surface area contributed by atoms with Gasteiger partial charge in [-0.25, -0.2) is 0 Å². The number of nitrogens with zero attached hydrogens (tertiary/aromatic N) is 2. The van der Waals surface area contributed by atoms with Gasteiger partial charge in [-0.05, 0) is 108 Å². The summed E-state index contributed by atoms with van der Waals surface area (Å²) in [6, 6.07) is 50.3. The highest BCUT2D eigenvalue weighted by atomic mass is 16.4. The number of fused-ring (bicyclic) bond motifs is 8. The molecule has 0 radical (unpaired) electrons. The van der Waals surface area contributed by atoms with Crippen LogP contribution in [0.15, 0.2) is 140 Å². The fourth-order valence-electron chi connectivity index (χ4n) is 9.09. The summed E-state index contributed by atoms with van der Waals surface area (Å²) in [4.78, 5) is 4.95. The first-order valence-electron chi connectivity index (χ1n) is 17.7. The van der Waals surface area contributed by atoms with Crippen LogP contribution < -0.4 is 41.0 Å². The molecule has 11 rings (SSSR count). The summed E-state index contributed by atoms with van der Waals surface area (Å²) >= 11 is 0. The molecule has 4 aliphatic heterocycles. The van der Waals surface area contributed by atoms with Crippen LogP contribution in [0.25, 0.3) is 22.3 Å². The minimum atomic E-state index is -0.288. The molecule has 0 aliphatic carbocycles. The summed E-state index contributed by atoms with van der Waals surface area (Å²) in [7, 11) is 0. The second kappa shape index (κ2) is 10.4. The van der Waals surface area contributed by atoms with Gasteiger partial charge in [-0.2, -0.15) is 0 Å². The Kier molecular flexibility index (Phi) is 5.87. The third kappa shape index (κ3) is 3.93. The highest BCUT2D eigenvalue weighted by Gasteiger charge is 2.49. The van der Waals surface area contributed by atoms with Crippen LogP contribution in [0.3, 0.4) is 0 Å². The second-order valence-electron chi connectivity index (χ2n) is 14.2. The normalized spacial score (nSPS) is 13.9. The molecule has 0 N–H and O–H groups in total. The van der Waals surface area contributed by atoms with Gasteiger partial charge < -0.3 is 19.1 Å². The lowest BCUT2D eigenvalue weighted by Gasteiger charge is -2.45. The van der Waals surface area contributed by atoms with E-state index in [1.54, 1.807) is 0 Å². The molecular weight excluding hydrogens is 622 g/mol. The van der Waals surface area contributed by atoms with E-state index < -0.39 is 0 Å². The number of hydrogen-bond acceptors (Lipinski definition) is 4. The number of anilines is 6. The summed E-state index contributed by atoms with van der Waals surface area (Å²) in [5.74, 6) is 1.83. The molecule has 0 atom stereocenters. The van der Waals surface area contributed by atoms with Crippen molar-refractivity contribution < 1.29 is 9.31 Å². The molecule has 0 spiro atoms. The first kappa shape index (κ1) is 28.7. The van der Waals surface area contributed by atoms with Crippen LogP contribution in [0.5, 0.6) is 11.5 Å². The van der Waals surface area contributed by atoms with E-state index in [2.05, 4.69) is 170 Å². The summed E-state index contributed by atoms with van der Waals surface area (Å²) in [6.45, 7) is 6.12. The lowest BCUT2D eigenvalue weighted by Crippen LogP contribution is -2.61. The first-order valence-corrected chi connectivity index (χ1v) is 17.7. The van der Waals surface area contributed by atoms with Gasteiger partial charge in [-0.3, -0.25) is 0 Å². The van der Waals surface area contributed by atoms with Gasteiger partial charge in [0.05, 0.1) is 0 Å². The van der Waals surface area contributed by atoms with E-state index in [9.17, 15) is 0 Å². The fourth-order valence-corrected chi connectivity index (χ4v) is 9.09. The molecule has 240 valence electrons. The van der Waals surface area contributed by atoms with Crippen molar-refractivity contribution in [1.82, 2.24) is 0 Å². The van der Waals surface area contributed by atoms with Crippen molar-refractivity contribution in [2.24, 2.45) is 0 Å². The molecule has 0 unspecified atom stereocenters. The highest BCUT2D eigenvalue weighted by molar-refractivity contribution is 6.89. The van der Waals surface area contributed by atoms with Crippen LogP contribution in [-0.2, 0) is 0 Å². The van der Waals surface area contributed by atoms with E-state index in [1.807, 2.05) is 0 Å². The number of aryl methyl sites for hydroxylation is 2. The van der Waals surface area contributed by atoms with Crippen molar-refractivity contribution in [2.75, 3.05) is 9.80 Å². The Morgan fingerprint density at radius 3 is 1.29 bits per heavy atom. The zero-order valence-corrected chi connectivity index (χ0v) is 28.6. The summed E-state index contributed by atoms with van der Waals surface area (Å²) in [5, 5.41) is 0. The van der Waals surface area contributed by atoms with E-state index >= 15 is 0 Å². The topological polar surface area (TPSA) is 24.9 Å². The fraction of sp³-hybridized carbons (Fsp3) is 0.0667.